The van der Waals surface area contributed by atoms with Crippen LogP contribution in [0.15, 0.2) is 35.1 Å². The van der Waals surface area contributed by atoms with E-state index < -0.39 is 35.0 Å². The molecule has 0 saturated carbocycles. The Bertz CT molecular complexity index is 781. The van der Waals surface area contributed by atoms with E-state index in [4.69, 9.17) is 5.11 Å². The van der Waals surface area contributed by atoms with Crippen LogP contribution in [0.5, 0.6) is 0 Å². The summed E-state index contributed by atoms with van der Waals surface area (Å²) in [4.78, 5) is 30.1. The van der Waals surface area contributed by atoms with Crippen LogP contribution in [0.4, 0.5) is 18.9 Å². The van der Waals surface area contributed by atoms with E-state index >= 15 is 0 Å². The van der Waals surface area contributed by atoms with Crippen LogP contribution >= 0.6 is 15.9 Å². The molecule has 23 heavy (non-hydrogen) atoms. The number of hydrogen-bond donors (Lipinski definition) is 2. The predicted octanol–water partition coefficient (Wildman–Crippen LogP) is 3.21. The number of alkyl halides is 3. The summed E-state index contributed by atoms with van der Waals surface area (Å²) in [5.41, 5.74) is -2.24. The van der Waals surface area contributed by atoms with Gasteiger partial charge < -0.3 is 10.4 Å². The Kier molecular flexibility index (Phi) is 4.64. The number of nitrogens with one attached hydrogen (secondary N) is 1. The van der Waals surface area contributed by atoms with Crippen molar-refractivity contribution in [2.75, 3.05) is 5.32 Å². The largest absolute Gasteiger partial charge is 0.476 e. The molecule has 0 spiro atoms. The number of aromatic nitrogens is 2. The number of nitrogens with zero attached hydrogens (tertiary/aromatic N) is 2. The molecular weight excluding hydrogens is 383 g/mol. The molecule has 1 amide bonds. The minimum atomic E-state index is -4.61. The Morgan fingerprint density at radius 3 is 2.30 bits per heavy atom. The van der Waals surface area contributed by atoms with Crippen LogP contribution in [-0.2, 0) is 6.18 Å². The minimum absolute atomic E-state index is 0.160. The maximum Gasteiger partial charge on any atom is 0.417 e. The molecule has 0 aliphatic carbocycles. The molecule has 6 nitrogen and oxygen atoms in total. The van der Waals surface area contributed by atoms with Gasteiger partial charge in [-0.1, -0.05) is 15.9 Å². The van der Waals surface area contributed by atoms with E-state index in [0.717, 1.165) is 24.5 Å². The van der Waals surface area contributed by atoms with Crippen LogP contribution in [0.3, 0.4) is 0 Å². The molecule has 1 aromatic carbocycles. The van der Waals surface area contributed by atoms with Crippen molar-refractivity contribution in [2.24, 2.45) is 0 Å². The van der Waals surface area contributed by atoms with Crippen LogP contribution in [0.1, 0.15) is 26.5 Å². The van der Waals surface area contributed by atoms with Crippen molar-refractivity contribution in [3.05, 3.63) is 52.0 Å². The number of benzene rings is 1. The molecule has 10 heteroatoms. The van der Waals surface area contributed by atoms with Crippen LogP contribution in [0, 0.1) is 0 Å². The quantitative estimate of drug-likeness (QED) is 0.840. The van der Waals surface area contributed by atoms with Gasteiger partial charge in [0.15, 0.2) is 11.4 Å². The molecule has 2 aromatic rings. The molecule has 2 rings (SSSR count). The van der Waals surface area contributed by atoms with Gasteiger partial charge in [-0.2, -0.15) is 13.2 Å². The highest BCUT2D eigenvalue weighted by Gasteiger charge is 2.33. The molecule has 1 heterocycles. The summed E-state index contributed by atoms with van der Waals surface area (Å²) in [6, 6.07) is 3.07. The van der Waals surface area contributed by atoms with Crippen molar-refractivity contribution < 1.29 is 27.9 Å². The normalized spacial score (nSPS) is 11.1. The Balaban J connectivity index is 2.34. The molecule has 120 valence electrons. The standard InChI is InChI=1S/C13H7BrF3N3O3/c14-8-2-1-6(5-7(8)13(15,16)17)20-11(21)9-10(12(22)23)19-4-3-18-9/h1-5H,(H,20,21)(H,22,23). The van der Waals surface area contributed by atoms with Gasteiger partial charge in [0, 0.05) is 22.6 Å². The van der Waals surface area contributed by atoms with Gasteiger partial charge in [0.05, 0.1) is 5.56 Å². The zero-order chi connectivity index (χ0) is 17.2. The third-order valence-electron chi connectivity index (χ3n) is 2.65. The van der Waals surface area contributed by atoms with E-state index in [1.807, 2.05) is 0 Å². The summed E-state index contributed by atoms with van der Waals surface area (Å²) in [6.45, 7) is 0. The fourth-order valence-electron chi connectivity index (χ4n) is 1.67. The maximum atomic E-state index is 12.8. The van der Waals surface area contributed by atoms with Crippen molar-refractivity contribution in [1.82, 2.24) is 9.97 Å². The van der Waals surface area contributed by atoms with Gasteiger partial charge in [-0.3, -0.25) is 4.79 Å². The van der Waals surface area contributed by atoms with Gasteiger partial charge in [0.25, 0.3) is 5.91 Å². The molecule has 0 atom stereocenters. The zero-order valence-electron chi connectivity index (χ0n) is 11.1. The summed E-state index contributed by atoms with van der Waals surface area (Å²) in [5.74, 6) is -2.46. The molecule has 0 saturated heterocycles. The monoisotopic (exact) mass is 389 g/mol. The highest BCUT2D eigenvalue weighted by atomic mass is 79.9. The zero-order valence-corrected chi connectivity index (χ0v) is 12.6. The lowest BCUT2D eigenvalue weighted by atomic mass is 10.2. The second-order valence-corrected chi connectivity index (χ2v) is 5.06. The summed E-state index contributed by atoms with van der Waals surface area (Å²) in [5, 5.41) is 11.1. The molecule has 0 aliphatic heterocycles. The van der Waals surface area contributed by atoms with Gasteiger partial charge in [-0.15, -0.1) is 0 Å². The second kappa shape index (κ2) is 6.32. The molecule has 0 fully saturated rings. The van der Waals surface area contributed by atoms with Gasteiger partial charge >= 0.3 is 12.1 Å². The van der Waals surface area contributed by atoms with Crippen molar-refractivity contribution >= 4 is 33.5 Å². The SMILES string of the molecule is O=C(O)c1nccnc1C(=O)Nc1ccc(Br)c(C(F)(F)F)c1. The van der Waals surface area contributed by atoms with Crippen LogP contribution in [0.2, 0.25) is 0 Å². The Hall–Kier alpha value is -2.49. The van der Waals surface area contributed by atoms with Gasteiger partial charge in [0.2, 0.25) is 0 Å². The minimum Gasteiger partial charge on any atom is -0.476 e. The van der Waals surface area contributed by atoms with Gasteiger partial charge in [0.1, 0.15) is 0 Å². The van der Waals surface area contributed by atoms with Gasteiger partial charge in [-0.05, 0) is 18.2 Å². The van der Waals surface area contributed by atoms with Gasteiger partial charge in [-0.25, -0.2) is 14.8 Å². The molecular formula is C13H7BrF3N3O3. The van der Waals surface area contributed by atoms with E-state index in [9.17, 15) is 22.8 Å². The van der Waals surface area contributed by atoms with Crippen LogP contribution < -0.4 is 5.32 Å². The summed E-state index contributed by atoms with van der Waals surface area (Å²) in [7, 11) is 0. The first kappa shape index (κ1) is 16.9. The molecule has 0 aliphatic rings. The Labute approximate surface area is 135 Å². The molecule has 0 bridgehead atoms. The predicted molar refractivity (Wildman–Crippen MR) is 76.1 cm³/mol. The summed E-state index contributed by atoms with van der Waals surface area (Å²) in [6.07, 6.45) is -2.43. The topological polar surface area (TPSA) is 92.2 Å². The third kappa shape index (κ3) is 3.83. The number of anilines is 1. The first-order valence-electron chi connectivity index (χ1n) is 5.92. The van der Waals surface area contributed by atoms with Crippen molar-refractivity contribution in [1.29, 1.82) is 0 Å². The Morgan fingerprint density at radius 2 is 1.74 bits per heavy atom. The molecule has 0 unspecified atom stereocenters. The maximum absolute atomic E-state index is 12.8. The number of aromatic carboxylic acids is 1. The number of rotatable bonds is 3. The molecule has 0 radical (unpaired) electrons. The molecule has 2 N–H and O–H groups in total. The lowest BCUT2D eigenvalue weighted by Crippen LogP contribution is -2.19. The average Bonchev–Trinajstić information content (AvgIpc) is 2.48. The molecule has 1 aromatic heterocycles. The number of carbonyl (C=O) groups excluding carboxylic acids is 1. The highest BCUT2D eigenvalue weighted by molar-refractivity contribution is 9.10. The number of carboxylic acids is 1. The summed E-state index contributed by atoms with van der Waals surface area (Å²) < 4.78 is 38.3. The van der Waals surface area contributed by atoms with E-state index in [1.54, 1.807) is 0 Å². The van der Waals surface area contributed by atoms with E-state index in [2.05, 4.69) is 31.2 Å². The number of hydrogen-bond acceptors (Lipinski definition) is 4. The lowest BCUT2D eigenvalue weighted by Gasteiger charge is -2.12. The second-order valence-electron chi connectivity index (χ2n) is 4.21. The lowest BCUT2D eigenvalue weighted by molar-refractivity contribution is -0.138. The average molecular weight is 390 g/mol. The smallest absolute Gasteiger partial charge is 0.417 e. The summed E-state index contributed by atoms with van der Waals surface area (Å²) >= 11 is 2.78. The fourth-order valence-corrected chi connectivity index (χ4v) is 2.14. The number of halogens is 4. The van der Waals surface area contributed by atoms with Crippen LogP contribution in [0.25, 0.3) is 0 Å². The van der Waals surface area contributed by atoms with Crippen molar-refractivity contribution in [2.45, 2.75) is 6.18 Å². The fraction of sp³-hybridized carbons (Fsp3) is 0.0769. The highest BCUT2D eigenvalue weighted by Crippen LogP contribution is 2.36. The number of carboxylic acid groups (broad SMARTS) is 1. The van der Waals surface area contributed by atoms with E-state index in [1.165, 1.54) is 6.07 Å². The van der Waals surface area contributed by atoms with Crippen LogP contribution in [-0.4, -0.2) is 27.0 Å². The van der Waals surface area contributed by atoms with E-state index in [0.29, 0.717) is 0 Å². The van der Waals surface area contributed by atoms with Crippen molar-refractivity contribution in [3.63, 3.8) is 0 Å². The Morgan fingerprint density at radius 1 is 1.13 bits per heavy atom. The number of amides is 1. The number of carbonyl (C=O) groups is 2. The first-order chi connectivity index (χ1) is 10.7. The van der Waals surface area contributed by atoms with Crippen molar-refractivity contribution in [3.8, 4) is 0 Å². The third-order valence-corrected chi connectivity index (χ3v) is 3.34. The first-order valence-corrected chi connectivity index (χ1v) is 6.72. The van der Waals surface area contributed by atoms with E-state index in [-0.39, 0.29) is 10.2 Å².